The van der Waals surface area contributed by atoms with Crippen LogP contribution in [0.5, 0.6) is 0 Å². The molecule has 2 N–H and O–H groups in total. The Kier molecular flexibility index (Phi) is 5.88. The summed E-state index contributed by atoms with van der Waals surface area (Å²) in [5, 5.41) is 2.74. The van der Waals surface area contributed by atoms with Gasteiger partial charge in [0, 0.05) is 42.1 Å². The molecule has 1 aromatic heterocycles. The van der Waals surface area contributed by atoms with Gasteiger partial charge in [0.1, 0.15) is 5.82 Å². The van der Waals surface area contributed by atoms with Gasteiger partial charge in [-0.25, -0.2) is 4.39 Å². The number of likely N-dealkylation sites (N-methyl/N-ethyl adjacent to an activating group) is 1. The van der Waals surface area contributed by atoms with Gasteiger partial charge in [-0.1, -0.05) is 0 Å². The number of carbonyl (C=O) groups is 2. The molecule has 154 valence electrons. The predicted octanol–water partition coefficient (Wildman–Crippen LogP) is 3.15. The molecule has 0 fully saturated rings. The number of H-pyrrole nitrogens is 1. The van der Waals surface area contributed by atoms with Crippen molar-refractivity contribution in [3.63, 3.8) is 0 Å². The Morgan fingerprint density at radius 2 is 1.93 bits per heavy atom. The van der Waals surface area contributed by atoms with Gasteiger partial charge in [-0.2, -0.15) is 0 Å². The number of amides is 2. The van der Waals surface area contributed by atoms with Gasteiger partial charge in [-0.05, 0) is 64.8 Å². The van der Waals surface area contributed by atoms with Crippen molar-refractivity contribution in [3.8, 4) is 0 Å². The largest absolute Gasteiger partial charge is 0.358 e. The van der Waals surface area contributed by atoms with Crippen molar-refractivity contribution in [2.75, 3.05) is 39.5 Å². The summed E-state index contributed by atoms with van der Waals surface area (Å²) >= 11 is 0. The molecule has 2 aliphatic rings. The van der Waals surface area contributed by atoms with Gasteiger partial charge in [0.05, 0.1) is 11.1 Å². The zero-order valence-corrected chi connectivity index (χ0v) is 17.5. The van der Waals surface area contributed by atoms with Crippen molar-refractivity contribution in [2.45, 2.75) is 20.3 Å². The molecule has 0 radical (unpaired) electrons. The smallest absolute Gasteiger partial charge is 0.256 e. The van der Waals surface area contributed by atoms with Crippen LogP contribution in [0.2, 0.25) is 0 Å². The number of hydrogen-bond donors (Lipinski definition) is 2. The highest BCUT2D eigenvalue weighted by Crippen LogP contribution is 2.35. The number of halogens is 1. The molecule has 3 heterocycles. The number of aromatic amines is 1. The van der Waals surface area contributed by atoms with Crippen molar-refractivity contribution in [2.24, 2.45) is 0 Å². The van der Waals surface area contributed by atoms with Crippen LogP contribution in [0.1, 0.15) is 39.8 Å². The van der Waals surface area contributed by atoms with E-state index in [9.17, 15) is 14.0 Å². The number of fused-ring (bicyclic) bond motifs is 2. The summed E-state index contributed by atoms with van der Waals surface area (Å²) in [5.41, 5.74) is 4.67. The summed E-state index contributed by atoms with van der Waals surface area (Å²) in [7, 11) is 6.00. The monoisotopic (exact) mass is 398 g/mol. The van der Waals surface area contributed by atoms with Crippen molar-refractivity contribution in [1.29, 1.82) is 0 Å². The van der Waals surface area contributed by atoms with E-state index in [1.54, 1.807) is 12.1 Å². The summed E-state index contributed by atoms with van der Waals surface area (Å²) in [5.74, 6) is -0.643. The van der Waals surface area contributed by atoms with Crippen molar-refractivity contribution < 1.29 is 14.0 Å². The lowest BCUT2D eigenvalue weighted by Crippen LogP contribution is -2.37. The lowest BCUT2D eigenvalue weighted by molar-refractivity contribution is -0.110. The van der Waals surface area contributed by atoms with Crippen LogP contribution >= 0.6 is 0 Å². The number of nitrogens with zero attached hydrogens (tertiary/aromatic N) is 2. The second-order valence-electron chi connectivity index (χ2n) is 7.70. The fourth-order valence-corrected chi connectivity index (χ4v) is 3.56. The van der Waals surface area contributed by atoms with Crippen LogP contribution in [0.3, 0.4) is 0 Å². The lowest BCUT2D eigenvalue weighted by Gasteiger charge is -2.25. The molecule has 1 aromatic carbocycles. The minimum absolute atomic E-state index is 0.0180. The number of carbonyl (C=O) groups excluding carboxylic acids is 2. The molecule has 0 spiro atoms. The minimum Gasteiger partial charge on any atom is -0.358 e. The Hall–Kier alpha value is -2.93. The molecule has 7 heteroatoms. The van der Waals surface area contributed by atoms with E-state index in [2.05, 4.69) is 10.3 Å². The summed E-state index contributed by atoms with van der Waals surface area (Å²) in [4.78, 5) is 31.9. The van der Waals surface area contributed by atoms with Gasteiger partial charge in [0.25, 0.3) is 11.8 Å². The first-order valence-corrected chi connectivity index (χ1v) is 9.67. The Balaban J connectivity index is 0.000000552. The molecule has 0 atom stereocenters. The third-order valence-corrected chi connectivity index (χ3v) is 4.93. The van der Waals surface area contributed by atoms with Gasteiger partial charge in [0.2, 0.25) is 0 Å². The standard InChI is InChI=1S/C19H18FN3O2.C3H9N/c1-3-23-7-6-15-17(19(23)25)10(2)16(21-15)9-13-12-8-11(20)4-5-14(12)22-18(13)24;1-4(2)3/h4-5,8-9,21H,3,6-7H2,1-2H3,(H,22,24);1-3H3/b13-9-;. The van der Waals surface area contributed by atoms with Gasteiger partial charge in [0.15, 0.2) is 0 Å². The van der Waals surface area contributed by atoms with E-state index < -0.39 is 5.82 Å². The average Bonchev–Trinajstić information content (AvgIpc) is 3.13. The zero-order chi connectivity index (χ0) is 21.3. The molecular weight excluding hydrogens is 371 g/mol. The summed E-state index contributed by atoms with van der Waals surface area (Å²) in [6.45, 7) is 5.20. The highest BCUT2D eigenvalue weighted by atomic mass is 19.1. The van der Waals surface area contributed by atoms with Crippen LogP contribution in [0.25, 0.3) is 11.6 Å². The van der Waals surface area contributed by atoms with Crippen LogP contribution in [0, 0.1) is 12.7 Å². The SMILES string of the molecule is CCN1CCc2[nH]c(/C=C3\C(=O)Nc4ccc(F)cc43)c(C)c2C1=O.CN(C)C. The molecular formula is C22H27FN4O2. The molecule has 2 aromatic rings. The Morgan fingerprint density at radius 3 is 2.59 bits per heavy atom. The number of benzene rings is 1. The first kappa shape index (κ1) is 20.8. The minimum atomic E-state index is -0.391. The van der Waals surface area contributed by atoms with Crippen LogP contribution in [0.15, 0.2) is 18.2 Å². The Morgan fingerprint density at radius 1 is 1.24 bits per heavy atom. The predicted molar refractivity (Wildman–Crippen MR) is 113 cm³/mol. The highest BCUT2D eigenvalue weighted by Gasteiger charge is 2.29. The fraction of sp³-hybridized carbons (Fsp3) is 0.364. The molecule has 0 saturated carbocycles. The molecule has 2 aliphatic heterocycles. The van der Waals surface area contributed by atoms with Crippen LogP contribution in [-0.4, -0.2) is 60.8 Å². The van der Waals surface area contributed by atoms with E-state index >= 15 is 0 Å². The first-order chi connectivity index (χ1) is 13.7. The van der Waals surface area contributed by atoms with Crippen LogP contribution < -0.4 is 5.32 Å². The lowest BCUT2D eigenvalue weighted by atomic mass is 10.0. The summed E-state index contributed by atoms with van der Waals surface area (Å²) < 4.78 is 13.6. The highest BCUT2D eigenvalue weighted by molar-refractivity contribution is 6.34. The maximum absolute atomic E-state index is 13.6. The van der Waals surface area contributed by atoms with Crippen LogP contribution in [-0.2, 0) is 11.2 Å². The van der Waals surface area contributed by atoms with E-state index in [0.29, 0.717) is 35.5 Å². The van der Waals surface area contributed by atoms with Crippen molar-refractivity contribution >= 4 is 29.2 Å². The number of rotatable bonds is 2. The third-order valence-electron chi connectivity index (χ3n) is 4.93. The van der Waals surface area contributed by atoms with E-state index in [4.69, 9.17) is 0 Å². The fourth-order valence-electron chi connectivity index (χ4n) is 3.56. The van der Waals surface area contributed by atoms with Gasteiger partial charge in [-0.3, -0.25) is 9.59 Å². The van der Waals surface area contributed by atoms with Gasteiger partial charge < -0.3 is 20.1 Å². The first-order valence-electron chi connectivity index (χ1n) is 9.67. The number of aromatic nitrogens is 1. The van der Waals surface area contributed by atoms with E-state index in [1.165, 1.54) is 12.1 Å². The molecule has 6 nitrogen and oxygen atoms in total. The molecule has 2 amide bonds. The van der Waals surface area contributed by atoms with Crippen molar-refractivity contribution in [1.82, 2.24) is 14.8 Å². The molecule has 4 rings (SSSR count). The van der Waals surface area contributed by atoms with Gasteiger partial charge in [-0.15, -0.1) is 0 Å². The Labute approximate surface area is 170 Å². The van der Waals surface area contributed by atoms with Gasteiger partial charge >= 0.3 is 0 Å². The quantitative estimate of drug-likeness (QED) is 0.764. The number of anilines is 1. The molecule has 0 aliphatic carbocycles. The summed E-state index contributed by atoms with van der Waals surface area (Å²) in [6, 6.07) is 4.22. The maximum Gasteiger partial charge on any atom is 0.256 e. The van der Waals surface area contributed by atoms with Crippen molar-refractivity contribution in [3.05, 3.63) is 52.1 Å². The zero-order valence-electron chi connectivity index (χ0n) is 17.5. The van der Waals surface area contributed by atoms with E-state index in [1.807, 2.05) is 44.8 Å². The normalized spacial score (nSPS) is 16.5. The molecule has 0 bridgehead atoms. The number of hydrogen-bond acceptors (Lipinski definition) is 3. The second-order valence-corrected chi connectivity index (χ2v) is 7.70. The second kappa shape index (κ2) is 8.21. The number of nitrogens with one attached hydrogen (secondary N) is 2. The third kappa shape index (κ3) is 4.10. The van der Waals surface area contributed by atoms with E-state index in [0.717, 1.165) is 23.4 Å². The topological polar surface area (TPSA) is 68.4 Å². The Bertz CT molecular complexity index is 988. The average molecular weight is 398 g/mol. The molecule has 0 saturated heterocycles. The molecule has 29 heavy (non-hydrogen) atoms. The molecule has 0 unspecified atom stereocenters. The maximum atomic E-state index is 13.6. The van der Waals surface area contributed by atoms with Crippen LogP contribution in [0.4, 0.5) is 10.1 Å². The van der Waals surface area contributed by atoms with E-state index in [-0.39, 0.29) is 11.8 Å². The summed E-state index contributed by atoms with van der Waals surface area (Å²) in [6.07, 6.45) is 2.47.